The highest BCUT2D eigenvalue weighted by Gasteiger charge is 2.21. The Labute approximate surface area is 125 Å². The van der Waals surface area contributed by atoms with Crippen molar-refractivity contribution in [3.05, 3.63) is 53.6 Å². The van der Waals surface area contributed by atoms with Gasteiger partial charge in [0.25, 0.3) is 3.91 Å². The van der Waals surface area contributed by atoms with Crippen LogP contribution in [0, 0.1) is 0 Å². The van der Waals surface area contributed by atoms with Crippen molar-refractivity contribution < 1.29 is 4.79 Å². The molecule has 0 N–H and O–H groups in total. The Balaban J connectivity index is 1.81. The van der Waals surface area contributed by atoms with E-state index in [9.17, 15) is 4.79 Å². The first-order chi connectivity index (χ1) is 9.24. The summed E-state index contributed by atoms with van der Waals surface area (Å²) in [6.45, 7) is 2.23. The largest absolute Gasteiger partial charge is 0.328 e. The SMILES string of the molecule is O=C(I)N1CCn2c(Cc3ccccc3)cnc2C1. The van der Waals surface area contributed by atoms with Gasteiger partial charge in [0.05, 0.1) is 6.54 Å². The Kier molecular flexibility index (Phi) is 3.54. The zero-order valence-electron chi connectivity index (χ0n) is 10.4. The van der Waals surface area contributed by atoms with E-state index in [1.807, 2.05) is 39.8 Å². The molecule has 1 amide bonds. The lowest BCUT2D eigenvalue weighted by atomic mass is 10.1. The van der Waals surface area contributed by atoms with Gasteiger partial charge in [-0.2, -0.15) is 0 Å². The van der Waals surface area contributed by atoms with E-state index in [0.717, 1.165) is 25.3 Å². The predicted octanol–water partition coefficient (Wildman–Crippen LogP) is 2.84. The van der Waals surface area contributed by atoms with Crippen LogP contribution in [0.1, 0.15) is 17.1 Å². The summed E-state index contributed by atoms with van der Waals surface area (Å²) < 4.78 is 2.33. The van der Waals surface area contributed by atoms with Crippen LogP contribution in [0.3, 0.4) is 0 Å². The number of nitrogens with zero attached hydrogens (tertiary/aromatic N) is 3. The first kappa shape index (κ1) is 12.7. The number of fused-ring (bicyclic) bond motifs is 1. The van der Waals surface area contributed by atoms with E-state index in [1.165, 1.54) is 11.3 Å². The minimum absolute atomic E-state index is 0.0939. The molecule has 0 aliphatic carbocycles. The third-order valence-electron chi connectivity index (χ3n) is 3.42. The Morgan fingerprint density at radius 2 is 2.05 bits per heavy atom. The van der Waals surface area contributed by atoms with E-state index in [4.69, 9.17) is 0 Å². The number of rotatable bonds is 2. The summed E-state index contributed by atoms with van der Waals surface area (Å²) in [6.07, 6.45) is 2.83. The Hall–Kier alpha value is -1.37. The summed E-state index contributed by atoms with van der Waals surface area (Å²) in [5.41, 5.74) is 2.51. The minimum Gasteiger partial charge on any atom is -0.328 e. The van der Waals surface area contributed by atoms with Gasteiger partial charge in [-0.3, -0.25) is 4.79 Å². The van der Waals surface area contributed by atoms with Crippen LogP contribution in [-0.4, -0.2) is 24.9 Å². The van der Waals surface area contributed by atoms with Gasteiger partial charge < -0.3 is 9.47 Å². The molecule has 0 saturated heterocycles. The van der Waals surface area contributed by atoms with Crippen LogP contribution in [0.4, 0.5) is 4.79 Å². The number of carbonyl (C=O) groups excluding carboxylic acids is 1. The van der Waals surface area contributed by atoms with Gasteiger partial charge >= 0.3 is 0 Å². The second-order valence-corrected chi connectivity index (χ2v) is 5.58. The topological polar surface area (TPSA) is 38.1 Å². The lowest BCUT2D eigenvalue weighted by molar-refractivity contribution is 0.209. The van der Waals surface area contributed by atoms with Gasteiger partial charge in [0, 0.05) is 54.0 Å². The molecule has 98 valence electrons. The second kappa shape index (κ2) is 5.32. The number of benzene rings is 1. The highest BCUT2D eigenvalue weighted by molar-refractivity contribution is 14.1. The summed E-state index contributed by atoms with van der Waals surface area (Å²) >= 11 is 1.84. The van der Waals surface area contributed by atoms with Crippen LogP contribution in [0.5, 0.6) is 0 Å². The van der Waals surface area contributed by atoms with E-state index in [1.54, 1.807) is 0 Å². The lowest BCUT2D eigenvalue weighted by Gasteiger charge is -2.26. The molecule has 0 fully saturated rings. The maximum Gasteiger partial charge on any atom is 0.283 e. The van der Waals surface area contributed by atoms with Gasteiger partial charge in [-0.25, -0.2) is 4.98 Å². The zero-order chi connectivity index (χ0) is 13.2. The standard InChI is InChI=1S/C14H14IN3O/c15-14(19)17-6-7-18-12(9-16-13(18)10-17)8-11-4-2-1-3-5-11/h1-5,9H,6-8,10H2. The summed E-state index contributed by atoms with van der Waals surface area (Å²) in [4.78, 5) is 17.7. The molecule has 0 unspecified atom stereocenters. The summed E-state index contributed by atoms with van der Waals surface area (Å²) in [5.74, 6) is 0.988. The fourth-order valence-electron chi connectivity index (χ4n) is 2.42. The number of imidazole rings is 1. The van der Waals surface area contributed by atoms with Crippen LogP contribution in [0.2, 0.25) is 0 Å². The lowest BCUT2D eigenvalue weighted by Crippen LogP contribution is -2.35. The maximum absolute atomic E-state index is 11.4. The molecule has 3 rings (SSSR count). The van der Waals surface area contributed by atoms with E-state index in [-0.39, 0.29) is 3.91 Å². The molecule has 0 spiro atoms. The smallest absolute Gasteiger partial charge is 0.283 e. The molecule has 0 radical (unpaired) electrons. The maximum atomic E-state index is 11.4. The monoisotopic (exact) mass is 367 g/mol. The molecule has 0 atom stereocenters. The van der Waals surface area contributed by atoms with Crippen molar-refractivity contribution in [2.24, 2.45) is 0 Å². The summed E-state index contributed by atoms with van der Waals surface area (Å²) in [6, 6.07) is 10.4. The van der Waals surface area contributed by atoms with Gasteiger partial charge in [0.1, 0.15) is 5.82 Å². The molecule has 0 saturated carbocycles. The molecule has 2 heterocycles. The average molecular weight is 367 g/mol. The van der Waals surface area contributed by atoms with Gasteiger partial charge in [-0.05, 0) is 5.56 Å². The van der Waals surface area contributed by atoms with E-state index in [0.29, 0.717) is 6.54 Å². The zero-order valence-corrected chi connectivity index (χ0v) is 12.6. The number of hydrogen-bond donors (Lipinski definition) is 0. The number of carbonyl (C=O) groups is 1. The van der Waals surface area contributed by atoms with Crippen molar-refractivity contribution in [1.29, 1.82) is 0 Å². The van der Waals surface area contributed by atoms with Crippen molar-refractivity contribution in [2.75, 3.05) is 6.54 Å². The third-order valence-corrected chi connectivity index (χ3v) is 4.11. The average Bonchev–Trinajstić information content (AvgIpc) is 2.82. The molecule has 1 aliphatic heterocycles. The molecule has 4 nitrogen and oxygen atoms in total. The van der Waals surface area contributed by atoms with Crippen molar-refractivity contribution >= 4 is 26.5 Å². The molecule has 2 aromatic rings. The normalized spacial score (nSPS) is 14.3. The summed E-state index contributed by atoms with van der Waals surface area (Å²) in [7, 11) is 0. The quantitative estimate of drug-likeness (QED) is 0.465. The van der Waals surface area contributed by atoms with E-state index in [2.05, 4.69) is 33.8 Å². The highest BCUT2D eigenvalue weighted by atomic mass is 127. The molecule has 5 heteroatoms. The molecule has 19 heavy (non-hydrogen) atoms. The minimum atomic E-state index is 0.0939. The fraction of sp³-hybridized carbons (Fsp3) is 0.286. The van der Waals surface area contributed by atoms with Crippen molar-refractivity contribution in [2.45, 2.75) is 19.5 Å². The van der Waals surface area contributed by atoms with Crippen LogP contribution in [0.15, 0.2) is 36.5 Å². The van der Waals surface area contributed by atoms with Crippen molar-refractivity contribution in [1.82, 2.24) is 14.5 Å². The Morgan fingerprint density at radius 1 is 1.26 bits per heavy atom. The van der Waals surface area contributed by atoms with Crippen molar-refractivity contribution in [3.8, 4) is 0 Å². The first-order valence-electron chi connectivity index (χ1n) is 6.25. The summed E-state index contributed by atoms with van der Waals surface area (Å²) in [5, 5.41) is 0. The van der Waals surface area contributed by atoms with Crippen LogP contribution in [-0.2, 0) is 19.5 Å². The second-order valence-electron chi connectivity index (χ2n) is 4.65. The molecule has 1 aromatic carbocycles. The van der Waals surface area contributed by atoms with Crippen LogP contribution < -0.4 is 0 Å². The van der Waals surface area contributed by atoms with E-state index >= 15 is 0 Å². The van der Waals surface area contributed by atoms with Crippen LogP contribution >= 0.6 is 22.6 Å². The fourth-order valence-corrected chi connectivity index (χ4v) is 2.83. The van der Waals surface area contributed by atoms with Crippen LogP contribution in [0.25, 0.3) is 0 Å². The van der Waals surface area contributed by atoms with Crippen molar-refractivity contribution in [3.63, 3.8) is 0 Å². The van der Waals surface area contributed by atoms with Gasteiger partial charge in [0.2, 0.25) is 0 Å². The Bertz CT molecular complexity index is 594. The van der Waals surface area contributed by atoms with E-state index < -0.39 is 0 Å². The number of halogens is 1. The molecule has 0 bridgehead atoms. The molecule has 1 aliphatic rings. The first-order valence-corrected chi connectivity index (χ1v) is 7.33. The number of amides is 1. The van der Waals surface area contributed by atoms with Gasteiger partial charge in [0.15, 0.2) is 0 Å². The molecular formula is C14H14IN3O. The van der Waals surface area contributed by atoms with Gasteiger partial charge in [-0.1, -0.05) is 30.3 Å². The highest BCUT2D eigenvalue weighted by Crippen LogP contribution is 2.18. The molecule has 1 aromatic heterocycles. The Morgan fingerprint density at radius 3 is 2.79 bits per heavy atom. The molecular weight excluding hydrogens is 353 g/mol. The number of aromatic nitrogens is 2. The van der Waals surface area contributed by atoms with Gasteiger partial charge in [-0.15, -0.1) is 0 Å². The predicted molar refractivity (Wildman–Crippen MR) is 81.3 cm³/mol. The number of hydrogen-bond acceptors (Lipinski definition) is 2. The third kappa shape index (κ3) is 2.65.